The Bertz CT molecular complexity index is 1170. The summed E-state index contributed by atoms with van der Waals surface area (Å²) in [5.41, 5.74) is 8.01. The van der Waals surface area contributed by atoms with Gasteiger partial charge >= 0.3 is 5.97 Å². The second-order valence-electron chi connectivity index (χ2n) is 8.38. The molecule has 0 radical (unpaired) electrons. The number of nitrogens with two attached hydrogens (primary N) is 1. The van der Waals surface area contributed by atoms with Gasteiger partial charge in [0, 0.05) is 0 Å². The van der Waals surface area contributed by atoms with Gasteiger partial charge < -0.3 is 30.4 Å². The van der Waals surface area contributed by atoms with Gasteiger partial charge in [0.2, 0.25) is 5.95 Å². The summed E-state index contributed by atoms with van der Waals surface area (Å²) in [6, 6.07) is 9.80. The number of aliphatic carboxylic acids is 1. The third kappa shape index (κ3) is 3.44. The van der Waals surface area contributed by atoms with Crippen molar-refractivity contribution in [3.8, 4) is 0 Å². The Morgan fingerprint density at radius 1 is 1.22 bits per heavy atom. The lowest BCUT2D eigenvalue weighted by atomic mass is 10.1. The highest BCUT2D eigenvalue weighted by Crippen LogP contribution is 2.44. The van der Waals surface area contributed by atoms with Crippen molar-refractivity contribution in [1.82, 2.24) is 19.5 Å². The normalized spacial score (nSPS) is 27.3. The molecule has 0 saturated carbocycles. The molecule has 5 atom stereocenters. The van der Waals surface area contributed by atoms with Crippen LogP contribution in [0.5, 0.6) is 0 Å². The number of hydrogen-bond donors (Lipinski definition) is 3. The highest BCUT2D eigenvalue weighted by atomic mass is 16.8. The monoisotopic (exact) mass is 440 g/mol. The molecular weight excluding hydrogens is 416 g/mol. The minimum Gasteiger partial charge on any atom is -0.479 e. The number of carbonyl (C=O) groups is 1. The fourth-order valence-corrected chi connectivity index (χ4v) is 4.21. The molecule has 0 amide bonds. The molecule has 0 bridgehead atoms. The minimum absolute atomic E-state index is 0.0692. The Kier molecular flexibility index (Phi) is 4.77. The van der Waals surface area contributed by atoms with Crippen molar-refractivity contribution in [2.45, 2.75) is 57.1 Å². The summed E-state index contributed by atoms with van der Waals surface area (Å²) in [5, 5.41) is 12.9. The average molecular weight is 440 g/mol. The molecule has 2 saturated heterocycles. The van der Waals surface area contributed by atoms with Crippen LogP contribution in [0.1, 0.15) is 38.6 Å². The predicted octanol–water partition coefficient (Wildman–Crippen LogP) is 2.08. The average Bonchev–Trinajstić information content (AvgIpc) is 3.39. The lowest BCUT2D eigenvalue weighted by Crippen LogP contribution is -2.35. The van der Waals surface area contributed by atoms with E-state index >= 15 is 0 Å². The van der Waals surface area contributed by atoms with Crippen LogP contribution in [-0.2, 0) is 19.0 Å². The van der Waals surface area contributed by atoms with Crippen LogP contribution in [0.3, 0.4) is 0 Å². The second kappa shape index (κ2) is 7.40. The maximum Gasteiger partial charge on any atom is 0.335 e. The summed E-state index contributed by atoms with van der Waals surface area (Å²) in [6.45, 7) is 5.46. The molecule has 3 aromatic rings. The Labute approximate surface area is 183 Å². The van der Waals surface area contributed by atoms with Crippen molar-refractivity contribution < 1.29 is 24.1 Å². The van der Waals surface area contributed by atoms with E-state index in [9.17, 15) is 9.90 Å². The molecule has 4 heterocycles. The zero-order valence-electron chi connectivity index (χ0n) is 17.8. The molecule has 0 aliphatic carbocycles. The molecule has 4 N–H and O–H groups in total. The first-order valence-electron chi connectivity index (χ1n) is 10.3. The predicted molar refractivity (Wildman–Crippen MR) is 114 cm³/mol. The Balaban J connectivity index is 1.50. The van der Waals surface area contributed by atoms with Gasteiger partial charge in [-0.3, -0.25) is 4.57 Å². The van der Waals surface area contributed by atoms with E-state index in [1.54, 1.807) is 18.4 Å². The maximum absolute atomic E-state index is 11.8. The van der Waals surface area contributed by atoms with Crippen LogP contribution in [0, 0.1) is 0 Å². The summed E-state index contributed by atoms with van der Waals surface area (Å²) in [4.78, 5) is 25.0. The lowest BCUT2D eigenvalue weighted by Gasteiger charge is -2.23. The number of hydrogen-bond acceptors (Lipinski definition) is 9. The molecule has 2 aliphatic rings. The zero-order valence-corrected chi connectivity index (χ0v) is 17.8. The SMILES string of the molecule is CC(Nc1nc(N)c2ncn([C@@H]3O[C@H](C(=O)O)[C@H]4OC(C)(C)O[C@H]43)c2n1)c1ccccc1. The number of nitrogens with one attached hydrogen (secondary N) is 1. The molecule has 1 aromatic carbocycles. The number of rotatable bonds is 5. The van der Waals surface area contributed by atoms with Crippen LogP contribution in [0.4, 0.5) is 11.8 Å². The molecule has 2 aromatic heterocycles. The number of nitrogens with zero attached hydrogens (tertiary/aromatic N) is 4. The van der Waals surface area contributed by atoms with E-state index in [0.29, 0.717) is 17.1 Å². The fraction of sp³-hybridized carbons (Fsp3) is 0.429. The molecule has 168 valence electrons. The van der Waals surface area contributed by atoms with Crippen molar-refractivity contribution in [2.24, 2.45) is 0 Å². The second-order valence-corrected chi connectivity index (χ2v) is 8.38. The molecule has 5 rings (SSSR count). The van der Waals surface area contributed by atoms with Gasteiger partial charge in [-0.2, -0.15) is 9.97 Å². The first-order chi connectivity index (χ1) is 15.2. The molecule has 11 heteroatoms. The summed E-state index contributed by atoms with van der Waals surface area (Å²) < 4.78 is 19.2. The third-order valence-electron chi connectivity index (χ3n) is 5.64. The molecular formula is C21H24N6O5. The van der Waals surface area contributed by atoms with E-state index in [1.807, 2.05) is 37.3 Å². The first kappa shape index (κ1) is 20.6. The van der Waals surface area contributed by atoms with Crippen LogP contribution in [-0.4, -0.2) is 54.7 Å². The summed E-state index contributed by atoms with van der Waals surface area (Å²) >= 11 is 0. The van der Waals surface area contributed by atoms with Gasteiger partial charge in [0.1, 0.15) is 17.7 Å². The number of fused-ring (bicyclic) bond motifs is 2. The van der Waals surface area contributed by atoms with Crippen molar-refractivity contribution in [3.63, 3.8) is 0 Å². The highest BCUT2D eigenvalue weighted by molar-refractivity contribution is 5.83. The molecule has 11 nitrogen and oxygen atoms in total. The summed E-state index contributed by atoms with van der Waals surface area (Å²) in [6.07, 6.45) is -1.90. The van der Waals surface area contributed by atoms with Crippen LogP contribution in [0.2, 0.25) is 0 Å². The molecule has 1 unspecified atom stereocenters. The van der Waals surface area contributed by atoms with Crippen molar-refractivity contribution >= 4 is 28.9 Å². The van der Waals surface area contributed by atoms with Crippen LogP contribution in [0.15, 0.2) is 36.7 Å². The highest BCUT2D eigenvalue weighted by Gasteiger charge is 2.58. The largest absolute Gasteiger partial charge is 0.479 e. The van der Waals surface area contributed by atoms with Gasteiger partial charge in [-0.1, -0.05) is 30.3 Å². The van der Waals surface area contributed by atoms with Crippen LogP contribution in [0.25, 0.3) is 11.2 Å². The Hall–Kier alpha value is -3.28. The number of carboxylic acid groups (broad SMARTS) is 1. The van der Waals surface area contributed by atoms with Gasteiger partial charge in [-0.15, -0.1) is 0 Å². The smallest absolute Gasteiger partial charge is 0.335 e. The lowest BCUT2D eigenvalue weighted by molar-refractivity contribution is -0.202. The van der Waals surface area contributed by atoms with E-state index in [-0.39, 0.29) is 11.9 Å². The quantitative estimate of drug-likeness (QED) is 0.539. The van der Waals surface area contributed by atoms with Gasteiger partial charge in [0.05, 0.1) is 12.4 Å². The first-order valence-corrected chi connectivity index (χ1v) is 10.3. The maximum atomic E-state index is 11.8. The minimum atomic E-state index is -1.18. The molecule has 2 fully saturated rings. The summed E-state index contributed by atoms with van der Waals surface area (Å²) in [5.74, 6) is -1.54. The van der Waals surface area contributed by atoms with Gasteiger partial charge in [-0.05, 0) is 26.3 Å². The standard InChI is InChI=1S/C21H24N6O5/c1-10(11-7-5-4-6-8-11)24-20-25-16(22)12-17(26-20)27(9-23-12)18-14-13(15(30-18)19(28)29)31-21(2,3)32-14/h4-10,13-15,18H,1-3H3,(H,28,29)(H3,22,24,25,26)/t10?,13-,14+,15-,18+/m0/s1. The topological polar surface area (TPSA) is 147 Å². The Morgan fingerprint density at radius 2 is 1.94 bits per heavy atom. The van der Waals surface area contributed by atoms with E-state index in [0.717, 1.165) is 5.56 Å². The van der Waals surface area contributed by atoms with Crippen molar-refractivity contribution in [3.05, 3.63) is 42.2 Å². The van der Waals surface area contributed by atoms with Gasteiger partial charge in [0.15, 0.2) is 29.6 Å². The van der Waals surface area contributed by atoms with E-state index in [4.69, 9.17) is 19.9 Å². The van der Waals surface area contributed by atoms with E-state index < -0.39 is 36.3 Å². The number of nitrogen functional groups attached to an aromatic ring is 1. The van der Waals surface area contributed by atoms with Gasteiger partial charge in [0.25, 0.3) is 0 Å². The fourth-order valence-electron chi connectivity index (χ4n) is 4.21. The number of anilines is 2. The molecule has 32 heavy (non-hydrogen) atoms. The number of carboxylic acids is 1. The van der Waals surface area contributed by atoms with Crippen molar-refractivity contribution in [2.75, 3.05) is 11.1 Å². The summed E-state index contributed by atoms with van der Waals surface area (Å²) in [7, 11) is 0. The van der Waals surface area contributed by atoms with Crippen LogP contribution < -0.4 is 11.1 Å². The number of aromatic nitrogens is 4. The van der Waals surface area contributed by atoms with Crippen molar-refractivity contribution in [1.29, 1.82) is 0 Å². The molecule has 2 aliphatic heterocycles. The number of imidazole rings is 1. The van der Waals surface area contributed by atoms with E-state index in [1.165, 1.54) is 6.33 Å². The van der Waals surface area contributed by atoms with Gasteiger partial charge in [-0.25, -0.2) is 9.78 Å². The zero-order chi connectivity index (χ0) is 22.6. The number of ether oxygens (including phenoxy) is 3. The van der Waals surface area contributed by atoms with E-state index in [2.05, 4.69) is 20.3 Å². The number of benzene rings is 1. The molecule has 0 spiro atoms. The van der Waals surface area contributed by atoms with Crippen LogP contribution >= 0.6 is 0 Å². The Morgan fingerprint density at radius 3 is 2.66 bits per heavy atom. The third-order valence-corrected chi connectivity index (χ3v) is 5.64.